The highest BCUT2D eigenvalue weighted by molar-refractivity contribution is 7.99. The molecule has 0 saturated carbocycles. The molecule has 8 nitrogen and oxygen atoms in total. The third-order valence-corrected chi connectivity index (χ3v) is 4.37. The number of thioether (sulfide) groups is 1. The number of imide groups is 1. The van der Waals surface area contributed by atoms with Crippen LogP contribution in [0.2, 0.25) is 0 Å². The van der Waals surface area contributed by atoms with Crippen LogP contribution >= 0.6 is 11.8 Å². The van der Waals surface area contributed by atoms with Crippen molar-refractivity contribution in [3.05, 3.63) is 41.4 Å². The third-order valence-electron chi connectivity index (χ3n) is 3.30. The van der Waals surface area contributed by atoms with E-state index in [4.69, 9.17) is 11.1 Å². The summed E-state index contributed by atoms with van der Waals surface area (Å²) in [5.74, 6) is -0.482. The topological polar surface area (TPSA) is 134 Å². The number of benzene rings is 1. The molecule has 0 atom stereocenters. The van der Waals surface area contributed by atoms with Gasteiger partial charge in [0.25, 0.3) is 0 Å². The number of aromatic nitrogens is 2. The first-order valence-corrected chi connectivity index (χ1v) is 9.75. The van der Waals surface area contributed by atoms with Crippen molar-refractivity contribution in [1.29, 1.82) is 5.41 Å². The SMILES string of the molecule is CC.CC(=N)/C(NC(=O)NC(=O)CSc1nc2ccccc2nc1C)=C(/C)N. The molecule has 0 aliphatic heterocycles. The second kappa shape index (κ2) is 11.0. The quantitative estimate of drug-likeness (QED) is 0.448. The van der Waals surface area contributed by atoms with Crippen LogP contribution in [0.25, 0.3) is 11.0 Å². The third kappa shape index (κ3) is 6.66. The van der Waals surface area contributed by atoms with E-state index in [1.165, 1.54) is 18.7 Å². The van der Waals surface area contributed by atoms with Crippen molar-refractivity contribution in [2.24, 2.45) is 5.73 Å². The number of carbonyl (C=O) groups is 2. The number of hydrogen-bond donors (Lipinski definition) is 4. The van der Waals surface area contributed by atoms with Crippen LogP contribution in [0, 0.1) is 12.3 Å². The monoisotopic (exact) mass is 402 g/mol. The zero-order valence-corrected chi connectivity index (χ0v) is 17.5. The van der Waals surface area contributed by atoms with E-state index >= 15 is 0 Å². The molecule has 1 aromatic heterocycles. The number of amides is 3. The van der Waals surface area contributed by atoms with Crippen molar-refractivity contribution in [1.82, 2.24) is 20.6 Å². The molecule has 9 heteroatoms. The summed E-state index contributed by atoms with van der Waals surface area (Å²) in [6, 6.07) is 6.74. The molecule has 0 unspecified atom stereocenters. The van der Waals surface area contributed by atoms with Crippen LogP contribution < -0.4 is 16.4 Å². The summed E-state index contributed by atoms with van der Waals surface area (Å²) in [5, 5.41) is 12.8. The summed E-state index contributed by atoms with van der Waals surface area (Å²) in [6.45, 7) is 8.87. The summed E-state index contributed by atoms with van der Waals surface area (Å²) >= 11 is 1.20. The van der Waals surface area contributed by atoms with E-state index in [1.54, 1.807) is 6.92 Å². The van der Waals surface area contributed by atoms with Crippen molar-refractivity contribution in [2.45, 2.75) is 39.6 Å². The number of nitrogens with zero attached hydrogens (tertiary/aromatic N) is 2. The molecule has 0 spiro atoms. The molecule has 2 aromatic rings. The summed E-state index contributed by atoms with van der Waals surface area (Å²) in [6.07, 6.45) is 0. The highest BCUT2D eigenvalue weighted by atomic mass is 32.2. The van der Waals surface area contributed by atoms with E-state index in [9.17, 15) is 9.59 Å². The number of nitrogens with one attached hydrogen (secondary N) is 3. The largest absolute Gasteiger partial charge is 0.401 e. The lowest BCUT2D eigenvalue weighted by atomic mass is 10.2. The van der Waals surface area contributed by atoms with Crippen molar-refractivity contribution >= 4 is 40.4 Å². The van der Waals surface area contributed by atoms with Gasteiger partial charge in [0.15, 0.2) is 0 Å². The average molecular weight is 403 g/mol. The standard InChI is InChI=1S/C17H20N6O2S.C2H6/c1-9(18)15(10(2)19)23-17(25)22-14(24)8-26-16-11(3)20-12-6-4-5-7-13(12)21-16;1-2/h4-7,18H,8,19H2,1-3H3,(H2,22,23,24,25);1-2H3/b15-10+,18-9?;. The number of allylic oxidation sites excluding steroid dienone is 2. The molecule has 0 saturated heterocycles. The Bertz CT molecular complexity index is 906. The number of fused-ring (bicyclic) bond motifs is 1. The van der Waals surface area contributed by atoms with E-state index in [0.29, 0.717) is 10.7 Å². The number of aryl methyl sites for hydroxylation is 1. The molecule has 0 fully saturated rings. The maximum atomic E-state index is 12.0. The van der Waals surface area contributed by atoms with Crippen molar-refractivity contribution in [2.75, 3.05) is 5.75 Å². The lowest BCUT2D eigenvalue weighted by molar-refractivity contribution is -0.117. The Labute approximate surface area is 168 Å². The van der Waals surface area contributed by atoms with E-state index in [2.05, 4.69) is 20.6 Å². The minimum absolute atomic E-state index is 0.00546. The first-order chi connectivity index (χ1) is 13.3. The van der Waals surface area contributed by atoms with Gasteiger partial charge in [-0.2, -0.15) is 0 Å². The van der Waals surface area contributed by atoms with Crippen LogP contribution in [0.4, 0.5) is 4.79 Å². The van der Waals surface area contributed by atoms with Crippen LogP contribution in [0.5, 0.6) is 0 Å². The first kappa shape index (κ1) is 23.1. The highest BCUT2D eigenvalue weighted by Gasteiger charge is 2.13. The number of urea groups is 1. The van der Waals surface area contributed by atoms with Gasteiger partial charge >= 0.3 is 6.03 Å². The lowest BCUT2D eigenvalue weighted by Crippen LogP contribution is -2.41. The molecule has 3 amide bonds. The number of carbonyl (C=O) groups excluding carboxylic acids is 2. The minimum atomic E-state index is -0.733. The Morgan fingerprint density at radius 1 is 1.11 bits per heavy atom. The van der Waals surface area contributed by atoms with Crippen LogP contribution in [0.1, 0.15) is 33.4 Å². The predicted octanol–water partition coefficient (Wildman–Crippen LogP) is 3.11. The minimum Gasteiger partial charge on any atom is -0.401 e. The Hall–Kier alpha value is -2.94. The number of hydrogen-bond acceptors (Lipinski definition) is 7. The smallest absolute Gasteiger partial charge is 0.326 e. The van der Waals surface area contributed by atoms with E-state index < -0.39 is 11.9 Å². The Kier molecular flexibility index (Phi) is 9.10. The fraction of sp³-hybridized carbons (Fsp3) is 0.316. The Balaban J connectivity index is 0.00000190. The molecule has 1 aromatic carbocycles. The fourth-order valence-corrected chi connectivity index (χ4v) is 2.90. The van der Waals surface area contributed by atoms with Gasteiger partial charge in [-0.3, -0.25) is 10.1 Å². The second-order valence-electron chi connectivity index (χ2n) is 5.58. The maximum Gasteiger partial charge on any atom is 0.326 e. The molecule has 0 aliphatic rings. The van der Waals surface area contributed by atoms with Gasteiger partial charge in [0.05, 0.1) is 33.9 Å². The molecule has 1 heterocycles. The van der Waals surface area contributed by atoms with Gasteiger partial charge in [0.2, 0.25) is 5.91 Å². The molecule has 0 radical (unpaired) electrons. The van der Waals surface area contributed by atoms with Crippen LogP contribution in [-0.4, -0.2) is 33.4 Å². The highest BCUT2D eigenvalue weighted by Crippen LogP contribution is 2.21. The molecule has 150 valence electrons. The zero-order valence-electron chi connectivity index (χ0n) is 16.7. The normalized spacial score (nSPS) is 11.0. The molecular weight excluding hydrogens is 376 g/mol. The second-order valence-corrected chi connectivity index (χ2v) is 6.54. The van der Waals surface area contributed by atoms with E-state index in [0.717, 1.165) is 11.0 Å². The van der Waals surface area contributed by atoms with Crippen LogP contribution in [0.15, 0.2) is 40.7 Å². The van der Waals surface area contributed by atoms with E-state index in [-0.39, 0.29) is 22.9 Å². The molecular formula is C19H26N6O2S. The Morgan fingerprint density at radius 3 is 2.21 bits per heavy atom. The van der Waals surface area contributed by atoms with Gasteiger partial charge in [-0.15, -0.1) is 0 Å². The molecule has 0 aliphatic carbocycles. The fourth-order valence-electron chi connectivity index (χ4n) is 2.14. The van der Waals surface area contributed by atoms with Gasteiger partial charge in [-0.1, -0.05) is 37.7 Å². The summed E-state index contributed by atoms with van der Waals surface area (Å²) in [7, 11) is 0. The van der Waals surface area contributed by atoms with Crippen LogP contribution in [0.3, 0.4) is 0 Å². The summed E-state index contributed by atoms with van der Waals surface area (Å²) in [5.41, 5.74) is 8.42. The van der Waals surface area contributed by atoms with E-state index in [1.807, 2.05) is 45.0 Å². The molecule has 2 rings (SSSR count). The summed E-state index contributed by atoms with van der Waals surface area (Å²) in [4.78, 5) is 32.8. The molecule has 5 N–H and O–H groups in total. The van der Waals surface area contributed by atoms with Crippen molar-refractivity contribution < 1.29 is 9.59 Å². The van der Waals surface area contributed by atoms with Gasteiger partial charge < -0.3 is 16.5 Å². The van der Waals surface area contributed by atoms with Gasteiger partial charge in [-0.05, 0) is 32.9 Å². The van der Waals surface area contributed by atoms with Crippen LogP contribution in [-0.2, 0) is 4.79 Å². The van der Waals surface area contributed by atoms with Crippen molar-refractivity contribution in [3.63, 3.8) is 0 Å². The lowest BCUT2D eigenvalue weighted by Gasteiger charge is -2.11. The first-order valence-electron chi connectivity index (χ1n) is 8.77. The molecule has 0 bridgehead atoms. The van der Waals surface area contributed by atoms with Crippen molar-refractivity contribution in [3.8, 4) is 0 Å². The number of para-hydroxylation sites is 2. The Morgan fingerprint density at radius 2 is 1.68 bits per heavy atom. The number of rotatable bonds is 5. The molecule has 28 heavy (non-hydrogen) atoms. The predicted molar refractivity (Wildman–Crippen MR) is 113 cm³/mol. The maximum absolute atomic E-state index is 12.0. The zero-order chi connectivity index (χ0) is 21.3. The van der Waals surface area contributed by atoms with Gasteiger partial charge in [-0.25, -0.2) is 14.8 Å². The van der Waals surface area contributed by atoms with Gasteiger partial charge in [0.1, 0.15) is 5.03 Å². The average Bonchev–Trinajstić information content (AvgIpc) is 2.65. The summed E-state index contributed by atoms with van der Waals surface area (Å²) < 4.78 is 0. The van der Waals surface area contributed by atoms with Gasteiger partial charge in [0, 0.05) is 5.70 Å². The number of nitrogens with two attached hydrogens (primary N) is 1.